The summed E-state index contributed by atoms with van der Waals surface area (Å²) in [4.78, 5) is 4.53. The van der Waals surface area contributed by atoms with Gasteiger partial charge in [-0.25, -0.2) is 4.98 Å². The van der Waals surface area contributed by atoms with Crippen molar-refractivity contribution in [2.24, 2.45) is 0 Å². The number of nitrogens with one attached hydrogen (secondary N) is 1. The number of nitrogen functional groups attached to an aromatic ring is 1. The summed E-state index contributed by atoms with van der Waals surface area (Å²) in [5.41, 5.74) is 10.6. The lowest BCUT2D eigenvalue weighted by atomic mass is 9.95. The third-order valence-electron chi connectivity index (χ3n) is 4.56. The van der Waals surface area contributed by atoms with Crippen LogP contribution in [0.4, 0.5) is 11.4 Å². The number of hydrogen-bond donors (Lipinski definition) is 2. The van der Waals surface area contributed by atoms with Crippen molar-refractivity contribution in [2.75, 3.05) is 11.1 Å². The second-order valence-corrected chi connectivity index (χ2v) is 6.27. The minimum absolute atomic E-state index is 0.543. The Morgan fingerprint density at radius 1 is 1.04 bits per heavy atom. The second kappa shape index (κ2) is 5.95. The summed E-state index contributed by atoms with van der Waals surface area (Å²) in [5, 5.41) is 3.58. The topological polar surface area (TPSA) is 64.1 Å². The Morgan fingerprint density at radius 3 is 2.65 bits per heavy atom. The predicted molar refractivity (Wildman–Crippen MR) is 94.4 cm³/mol. The zero-order chi connectivity index (χ0) is 15.6. The van der Waals surface area contributed by atoms with E-state index in [2.05, 4.69) is 10.3 Å². The molecule has 4 heteroatoms. The van der Waals surface area contributed by atoms with Crippen molar-refractivity contribution in [3.05, 3.63) is 42.5 Å². The molecule has 0 spiro atoms. The van der Waals surface area contributed by atoms with Crippen LogP contribution >= 0.6 is 0 Å². The van der Waals surface area contributed by atoms with E-state index in [1.54, 1.807) is 0 Å². The van der Waals surface area contributed by atoms with Crippen LogP contribution in [0.2, 0.25) is 0 Å². The third kappa shape index (κ3) is 2.89. The highest BCUT2D eigenvalue weighted by atomic mass is 16.3. The molecule has 0 amide bonds. The molecule has 0 radical (unpaired) electrons. The normalized spacial score (nSPS) is 15.8. The summed E-state index contributed by atoms with van der Waals surface area (Å²) in [6.07, 6.45) is 6.42. The molecule has 4 nitrogen and oxygen atoms in total. The van der Waals surface area contributed by atoms with Crippen molar-refractivity contribution >= 4 is 22.5 Å². The number of fused-ring (bicyclic) bond motifs is 1. The highest BCUT2D eigenvalue weighted by Gasteiger charge is 2.15. The molecule has 0 atom stereocenters. The van der Waals surface area contributed by atoms with Crippen LogP contribution in [0, 0.1) is 0 Å². The molecule has 0 aliphatic heterocycles. The Morgan fingerprint density at radius 2 is 1.87 bits per heavy atom. The van der Waals surface area contributed by atoms with Crippen molar-refractivity contribution in [1.82, 2.24) is 4.98 Å². The van der Waals surface area contributed by atoms with E-state index in [1.165, 1.54) is 32.1 Å². The minimum atomic E-state index is 0.543. The zero-order valence-corrected chi connectivity index (χ0v) is 13.1. The summed E-state index contributed by atoms with van der Waals surface area (Å²) in [5.74, 6) is 0.613. The third-order valence-corrected chi connectivity index (χ3v) is 4.56. The van der Waals surface area contributed by atoms with Crippen LogP contribution in [0.1, 0.15) is 32.1 Å². The number of oxazole rings is 1. The first-order chi connectivity index (χ1) is 11.3. The van der Waals surface area contributed by atoms with Crippen LogP contribution in [0.15, 0.2) is 46.9 Å². The second-order valence-electron chi connectivity index (χ2n) is 6.27. The number of aromatic nitrogens is 1. The van der Waals surface area contributed by atoms with Gasteiger partial charge in [0.2, 0.25) is 5.89 Å². The molecule has 4 rings (SSSR count). The van der Waals surface area contributed by atoms with Crippen LogP contribution < -0.4 is 11.1 Å². The molecule has 118 valence electrons. The first-order valence-corrected chi connectivity index (χ1v) is 8.31. The molecule has 0 saturated heterocycles. The van der Waals surface area contributed by atoms with Crippen molar-refractivity contribution in [3.8, 4) is 11.5 Å². The van der Waals surface area contributed by atoms with Gasteiger partial charge in [0, 0.05) is 11.6 Å². The number of hydrogen-bond acceptors (Lipinski definition) is 4. The summed E-state index contributed by atoms with van der Waals surface area (Å²) in [7, 11) is 0. The number of para-hydroxylation sites is 2. The van der Waals surface area contributed by atoms with Gasteiger partial charge in [-0.2, -0.15) is 0 Å². The first-order valence-electron chi connectivity index (χ1n) is 8.31. The lowest BCUT2D eigenvalue weighted by molar-refractivity contribution is 0.463. The van der Waals surface area contributed by atoms with Gasteiger partial charge in [-0.1, -0.05) is 31.4 Å². The molecule has 1 aromatic heterocycles. The van der Waals surface area contributed by atoms with Gasteiger partial charge in [-0.05, 0) is 43.2 Å². The van der Waals surface area contributed by atoms with E-state index in [0.717, 1.165) is 28.0 Å². The molecule has 1 fully saturated rings. The highest BCUT2D eigenvalue weighted by Crippen LogP contribution is 2.30. The van der Waals surface area contributed by atoms with Crippen LogP contribution in [-0.2, 0) is 0 Å². The van der Waals surface area contributed by atoms with Crippen molar-refractivity contribution < 1.29 is 4.42 Å². The van der Waals surface area contributed by atoms with Gasteiger partial charge >= 0.3 is 0 Å². The molecule has 0 unspecified atom stereocenters. The molecule has 1 heterocycles. The Bertz CT molecular complexity index is 785. The summed E-state index contributed by atoms with van der Waals surface area (Å²) in [6, 6.07) is 14.3. The highest BCUT2D eigenvalue weighted by molar-refractivity contribution is 5.78. The maximum absolute atomic E-state index is 6.24. The van der Waals surface area contributed by atoms with E-state index < -0.39 is 0 Å². The van der Waals surface area contributed by atoms with Crippen molar-refractivity contribution in [3.63, 3.8) is 0 Å². The number of nitrogens with two attached hydrogens (primary N) is 1. The molecule has 23 heavy (non-hydrogen) atoms. The van der Waals surface area contributed by atoms with E-state index in [1.807, 2.05) is 42.5 Å². The van der Waals surface area contributed by atoms with Gasteiger partial charge in [-0.3, -0.25) is 0 Å². The Balaban J connectivity index is 1.59. The summed E-state index contributed by atoms with van der Waals surface area (Å²) < 4.78 is 5.81. The smallest absolute Gasteiger partial charge is 0.227 e. The fraction of sp³-hybridized carbons (Fsp3) is 0.316. The van der Waals surface area contributed by atoms with Crippen molar-refractivity contribution in [2.45, 2.75) is 38.1 Å². The zero-order valence-electron chi connectivity index (χ0n) is 13.1. The predicted octanol–water partition coefficient (Wildman–Crippen LogP) is 4.82. The monoisotopic (exact) mass is 307 g/mol. The van der Waals surface area contributed by atoms with Gasteiger partial charge in [0.15, 0.2) is 5.58 Å². The maximum atomic E-state index is 6.24. The lowest BCUT2D eigenvalue weighted by Gasteiger charge is -2.24. The molecular weight excluding hydrogens is 286 g/mol. The summed E-state index contributed by atoms with van der Waals surface area (Å²) in [6.45, 7) is 0. The average molecular weight is 307 g/mol. The molecule has 1 aliphatic carbocycles. The lowest BCUT2D eigenvalue weighted by Crippen LogP contribution is -2.22. The fourth-order valence-electron chi connectivity index (χ4n) is 3.29. The molecular formula is C19H21N3O. The summed E-state index contributed by atoms with van der Waals surface area (Å²) >= 11 is 0. The Hall–Kier alpha value is -2.49. The van der Waals surface area contributed by atoms with Crippen molar-refractivity contribution in [1.29, 1.82) is 0 Å². The number of rotatable bonds is 3. The molecule has 3 N–H and O–H groups in total. The number of nitrogens with zero attached hydrogens (tertiary/aromatic N) is 1. The standard InChI is InChI=1S/C19H21N3O/c20-15-12-13(19-22-17-8-4-5-9-18(17)23-19)10-11-16(15)21-14-6-2-1-3-7-14/h4-5,8-12,14,21H,1-3,6-7,20H2. The van der Waals surface area contributed by atoms with Gasteiger partial charge in [0.05, 0.1) is 11.4 Å². The molecule has 1 saturated carbocycles. The van der Waals surface area contributed by atoms with Crippen LogP contribution in [0.3, 0.4) is 0 Å². The van der Waals surface area contributed by atoms with E-state index >= 15 is 0 Å². The quantitative estimate of drug-likeness (QED) is 0.681. The first kappa shape index (κ1) is 14.1. The van der Waals surface area contributed by atoms with E-state index in [9.17, 15) is 0 Å². The molecule has 3 aromatic rings. The minimum Gasteiger partial charge on any atom is -0.436 e. The Kier molecular flexibility index (Phi) is 3.66. The van der Waals surface area contributed by atoms with Crippen LogP contribution in [-0.4, -0.2) is 11.0 Å². The van der Waals surface area contributed by atoms with Crippen LogP contribution in [0.5, 0.6) is 0 Å². The fourth-order valence-corrected chi connectivity index (χ4v) is 3.29. The molecule has 0 bridgehead atoms. The molecule has 2 aromatic carbocycles. The van der Waals surface area contributed by atoms with Crippen LogP contribution in [0.25, 0.3) is 22.6 Å². The van der Waals surface area contributed by atoms with E-state index in [-0.39, 0.29) is 0 Å². The van der Waals surface area contributed by atoms with Gasteiger partial charge in [-0.15, -0.1) is 0 Å². The van der Waals surface area contributed by atoms with Gasteiger partial charge in [0.1, 0.15) is 5.52 Å². The Labute approximate surface area is 135 Å². The number of anilines is 2. The maximum Gasteiger partial charge on any atom is 0.227 e. The van der Waals surface area contributed by atoms with E-state index in [0.29, 0.717) is 11.9 Å². The SMILES string of the molecule is Nc1cc(-c2nc3ccccc3o2)ccc1NC1CCCCC1. The van der Waals surface area contributed by atoms with Gasteiger partial charge in [0.25, 0.3) is 0 Å². The molecule has 1 aliphatic rings. The van der Waals surface area contributed by atoms with E-state index in [4.69, 9.17) is 10.2 Å². The largest absolute Gasteiger partial charge is 0.436 e. The number of benzene rings is 2. The average Bonchev–Trinajstić information content (AvgIpc) is 3.02. The van der Waals surface area contributed by atoms with Gasteiger partial charge < -0.3 is 15.5 Å².